The van der Waals surface area contributed by atoms with E-state index in [1.165, 1.54) is 4.90 Å². The Morgan fingerprint density at radius 2 is 2.28 bits per heavy atom. The second-order valence-corrected chi connectivity index (χ2v) is 4.80. The fourth-order valence-electron chi connectivity index (χ4n) is 2.42. The molecule has 2 rings (SSSR count). The molecule has 0 aromatic heterocycles. The van der Waals surface area contributed by atoms with E-state index in [0.717, 1.165) is 19.4 Å². The Bertz CT molecular complexity index is 365. The largest absolute Gasteiger partial charge is 0.368 e. The summed E-state index contributed by atoms with van der Waals surface area (Å²) in [5, 5.41) is 5.94. The fraction of sp³-hybridized carbons (Fsp3) is 0.727. The van der Waals surface area contributed by atoms with E-state index in [1.54, 1.807) is 0 Å². The molecule has 2 aliphatic rings. The molecule has 2 heterocycles. The molecule has 2 fully saturated rings. The molecule has 0 unspecified atom stereocenters. The summed E-state index contributed by atoms with van der Waals surface area (Å²) in [7, 11) is 0. The van der Waals surface area contributed by atoms with E-state index in [4.69, 9.17) is 5.73 Å². The van der Waals surface area contributed by atoms with Crippen LogP contribution in [-0.2, 0) is 14.4 Å². The number of nitrogens with zero attached hydrogens (tertiary/aromatic N) is 1. The molecule has 7 heteroatoms. The first-order valence-corrected chi connectivity index (χ1v) is 6.16. The second-order valence-electron chi connectivity index (χ2n) is 4.80. The summed E-state index contributed by atoms with van der Waals surface area (Å²) in [6.45, 7) is 1.14. The number of hydrogen-bond acceptors (Lipinski definition) is 4. The van der Waals surface area contributed by atoms with Gasteiger partial charge in [0, 0.05) is 13.0 Å². The monoisotopic (exact) mass is 254 g/mol. The SMILES string of the molecule is NC(=O)CN1C[C@@H](NC(=O)[C@@H]2CCCN2)CC1=O. The maximum absolute atomic E-state index is 11.8. The maximum atomic E-state index is 11.8. The summed E-state index contributed by atoms with van der Waals surface area (Å²) in [4.78, 5) is 35.6. The first-order chi connectivity index (χ1) is 8.56. The van der Waals surface area contributed by atoms with Gasteiger partial charge in [0.25, 0.3) is 0 Å². The summed E-state index contributed by atoms with van der Waals surface area (Å²) in [5.74, 6) is -0.738. The van der Waals surface area contributed by atoms with E-state index < -0.39 is 5.91 Å². The summed E-state index contributed by atoms with van der Waals surface area (Å²) >= 11 is 0. The number of carbonyl (C=O) groups excluding carboxylic acids is 3. The summed E-state index contributed by atoms with van der Waals surface area (Å²) in [5.41, 5.74) is 5.05. The lowest BCUT2D eigenvalue weighted by Crippen LogP contribution is -2.46. The van der Waals surface area contributed by atoms with Crippen LogP contribution in [0.1, 0.15) is 19.3 Å². The van der Waals surface area contributed by atoms with Crippen molar-refractivity contribution < 1.29 is 14.4 Å². The highest BCUT2D eigenvalue weighted by Gasteiger charge is 2.33. The molecule has 3 amide bonds. The summed E-state index contributed by atoms with van der Waals surface area (Å²) in [6, 6.07) is -0.364. The Kier molecular flexibility index (Phi) is 3.81. The van der Waals surface area contributed by atoms with E-state index in [1.807, 2.05) is 0 Å². The third-order valence-corrected chi connectivity index (χ3v) is 3.28. The number of hydrogen-bond donors (Lipinski definition) is 3. The fourth-order valence-corrected chi connectivity index (χ4v) is 2.42. The molecule has 0 aromatic rings. The molecule has 0 spiro atoms. The van der Waals surface area contributed by atoms with E-state index >= 15 is 0 Å². The van der Waals surface area contributed by atoms with Crippen molar-refractivity contribution in [1.82, 2.24) is 15.5 Å². The van der Waals surface area contributed by atoms with E-state index in [9.17, 15) is 14.4 Å². The molecule has 100 valence electrons. The van der Waals surface area contributed by atoms with Gasteiger partial charge in [0.2, 0.25) is 17.7 Å². The van der Waals surface area contributed by atoms with Crippen LogP contribution in [0.2, 0.25) is 0 Å². The van der Waals surface area contributed by atoms with Gasteiger partial charge in [-0.1, -0.05) is 0 Å². The first-order valence-electron chi connectivity index (χ1n) is 6.16. The Labute approximate surface area is 105 Å². The van der Waals surface area contributed by atoms with Crippen molar-refractivity contribution in [2.45, 2.75) is 31.3 Å². The zero-order valence-corrected chi connectivity index (χ0v) is 10.1. The van der Waals surface area contributed by atoms with Crippen molar-refractivity contribution in [3.05, 3.63) is 0 Å². The average Bonchev–Trinajstić information content (AvgIpc) is 2.89. The smallest absolute Gasteiger partial charge is 0.237 e. The van der Waals surface area contributed by atoms with Crippen molar-refractivity contribution in [3.8, 4) is 0 Å². The molecular formula is C11H18N4O3. The van der Waals surface area contributed by atoms with Gasteiger partial charge in [-0.05, 0) is 19.4 Å². The quantitative estimate of drug-likeness (QED) is 0.536. The van der Waals surface area contributed by atoms with Gasteiger partial charge in [0.1, 0.15) is 0 Å². The first kappa shape index (κ1) is 12.8. The van der Waals surface area contributed by atoms with Gasteiger partial charge in [-0.2, -0.15) is 0 Å². The molecule has 2 aliphatic heterocycles. The standard InChI is InChI=1S/C11H18N4O3/c12-9(16)6-15-5-7(4-10(15)17)14-11(18)8-2-1-3-13-8/h7-8,13H,1-6H2,(H2,12,16)(H,14,18)/t7-,8-/m0/s1. The number of nitrogens with two attached hydrogens (primary N) is 1. The van der Waals surface area contributed by atoms with Crippen molar-refractivity contribution >= 4 is 17.7 Å². The molecule has 2 atom stereocenters. The van der Waals surface area contributed by atoms with E-state index in [-0.39, 0.29) is 36.9 Å². The van der Waals surface area contributed by atoms with Gasteiger partial charge in [-0.15, -0.1) is 0 Å². The number of amides is 3. The molecule has 18 heavy (non-hydrogen) atoms. The van der Waals surface area contributed by atoms with Gasteiger partial charge in [-0.25, -0.2) is 0 Å². The van der Waals surface area contributed by atoms with Gasteiger partial charge in [-0.3, -0.25) is 14.4 Å². The minimum Gasteiger partial charge on any atom is -0.368 e. The predicted molar refractivity (Wildman–Crippen MR) is 63.3 cm³/mol. The number of nitrogens with one attached hydrogen (secondary N) is 2. The molecule has 0 bridgehead atoms. The minimum absolute atomic E-state index is 0.0637. The van der Waals surface area contributed by atoms with Crippen molar-refractivity contribution in [3.63, 3.8) is 0 Å². The summed E-state index contributed by atoms with van der Waals surface area (Å²) < 4.78 is 0. The van der Waals surface area contributed by atoms with Crippen LogP contribution in [-0.4, -0.2) is 54.3 Å². The Morgan fingerprint density at radius 1 is 1.50 bits per heavy atom. The van der Waals surface area contributed by atoms with Crippen molar-refractivity contribution in [2.24, 2.45) is 5.73 Å². The average molecular weight is 254 g/mol. The lowest BCUT2D eigenvalue weighted by Gasteiger charge is -2.17. The van der Waals surface area contributed by atoms with Crippen LogP contribution in [0.4, 0.5) is 0 Å². The third-order valence-electron chi connectivity index (χ3n) is 3.28. The van der Waals surface area contributed by atoms with Crippen LogP contribution in [0.5, 0.6) is 0 Å². The lowest BCUT2D eigenvalue weighted by atomic mass is 10.2. The zero-order chi connectivity index (χ0) is 13.1. The van der Waals surface area contributed by atoms with Crippen molar-refractivity contribution in [2.75, 3.05) is 19.6 Å². The topological polar surface area (TPSA) is 105 Å². The van der Waals surface area contributed by atoms with E-state index in [2.05, 4.69) is 10.6 Å². The van der Waals surface area contributed by atoms with Crippen LogP contribution in [0.25, 0.3) is 0 Å². The maximum Gasteiger partial charge on any atom is 0.237 e. The molecular weight excluding hydrogens is 236 g/mol. The molecule has 7 nitrogen and oxygen atoms in total. The highest BCUT2D eigenvalue weighted by molar-refractivity contribution is 5.87. The Morgan fingerprint density at radius 3 is 2.89 bits per heavy atom. The molecule has 0 aliphatic carbocycles. The molecule has 0 aromatic carbocycles. The number of primary amides is 1. The van der Waals surface area contributed by atoms with Gasteiger partial charge in [0.05, 0.1) is 18.6 Å². The van der Waals surface area contributed by atoms with Crippen LogP contribution in [0.3, 0.4) is 0 Å². The number of carbonyl (C=O) groups is 3. The molecule has 2 saturated heterocycles. The Hall–Kier alpha value is -1.63. The predicted octanol–water partition coefficient (Wildman–Crippen LogP) is -2.06. The highest BCUT2D eigenvalue weighted by Crippen LogP contribution is 2.12. The minimum atomic E-state index is -0.534. The Balaban J connectivity index is 1.82. The second kappa shape index (κ2) is 5.34. The molecule has 0 saturated carbocycles. The van der Waals surface area contributed by atoms with Gasteiger partial charge in [0.15, 0.2) is 0 Å². The van der Waals surface area contributed by atoms with E-state index in [0.29, 0.717) is 6.54 Å². The molecule has 0 radical (unpaired) electrons. The van der Waals surface area contributed by atoms with Crippen LogP contribution in [0.15, 0.2) is 0 Å². The third kappa shape index (κ3) is 2.98. The highest BCUT2D eigenvalue weighted by atomic mass is 16.2. The molecule has 4 N–H and O–H groups in total. The van der Waals surface area contributed by atoms with Gasteiger partial charge < -0.3 is 21.3 Å². The van der Waals surface area contributed by atoms with Crippen LogP contribution >= 0.6 is 0 Å². The summed E-state index contributed by atoms with van der Waals surface area (Å²) in [6.07, 6.45) is 2.07. The van der Waals surface area contributed by atoms with Crippen LogP contribution in [0, 0.1) is 0 Å². The normalized spacial score (nSPS) is 27.6. The lowest BCUT2D eigenvalue weighted by molar-refractivity contribution is -0.132. The number of likely N-dealkylation sites (tertiary alicyclic amines) is 1. The van der Waals surface area contributed by atoms with Gasteiger partial charge >= 0.3 is 0 Å². The van der Waals surface area contributed by atoms with Crippen molar-refractivity contribution in [1.29, 1.82) is 0 Å². The number of rotatable bonds is 4. The zero-order valence-electron chi connectivity index (χ0n) is 10.1. The van der Waals surface area contributed by atoms with Crippen LogP contribution < -0.4 is 16.4 Å².